The first-order valence-electron chi connectivity index (χ1n) is 15.9. The summed E-state index contributed by atoms with van der Waals surface area (Å²) < 4.78 is 0. The zero-order valence-corrected chi connectivity index (χ0v) is 23.4. The van der Waals surface area contributed by atoms with E-state index in [0.29, 0.717) is 18.2 Å². The number of fused-ring (bicyclic) bond motifs is 3. The lowest BCUT2D eigenvalue weighted by molar-refractivity contribution is -0.0679. The van der Waals surface area contributed by atoms with Gasteiger partial charge in [0.15, 0.2) is 0 Å². The van der Waals surface area contributed by atoms with Crippen molar-refractivity contribution in [2.45, 2.75) is 128 Å². The maximum atomic E-state index is 3.26. The van der Waals surface area contributed by atoms with Crippen molar-refractivity contribution in [3.05, 3.63) is 65.2 Å². The fourth-order valence-corrected chi connectivity index (χ4v) is 10.2. The van der Waals surface area contributed by atoms with Crippen molar-refractivity contribution in [1.82, 2.24) is 4.90 Å². The van der Waals surface area contributed by atoms with Crippen LogP contribution < -0.4 is 4.90 Å². The van der Waals surface area contributed by atoms with Crippen LogP contribution in [0.1, 0.15) is 120 Å². The van der Waals surface area contributed by atoms with Crippen molar-refractivity contribution in [2.75, 3.05) is 4.90 Å². The third-order valence-corrected chi connectivity index (χ3v) is 11.6. The van der Waals surface area contributed by atoms with Gasteiger partial charge in [0.25, 0.3) is 0 Å². The minimum absolute atomic E-state index is 0.228. The van der Waals surface area contributed by atoms with Crippen molar-refractivity contribution in [3.8, 4) is 0 Å². The Bertz CT molecular complexity index is 1090. The van der Waals surface area contributed by atoms with Crippen LogP contribution in [0.3, 0.4) is 0 Å². The summed E-state index contributed by atoms with van der Waals surface area (Å²) in [5.41, 5.74) is 6.63. The van der Waals surface area contributed by atoms with E-state index in [4.69, 9.17) is 0 Å². The average Bonchev–Trinajstić information content (AvgIpc) is 3.65. The van der Waals surface area contributed by atoms with E-state index in [0.717, 1.165) is 17.8 Å². The third kappa shape index (κ3) is 3.60. The molecule has 3 saturated carbocycles. The lowest BCUT2D eigenvalue weighted by Crippen LogP contribution is -2.59. The van der Waals surface area contributed by atoms with Gasteiger partial charge in [0.05, 0.1) is 17.7 Å². The zero-order valence-electron chi connectivity index (χ0n) is 23.4. The molecule has 2 heterocycles. The predicted molar refractivity (Wildman–Crippen MR) is 155 cm³/mol. The van der Waals surface area contributed by atoms with Crippen LogP contribution >= 0.6 is 0 Å². The van der Waals surface area contributed by atoms with E-state index in [1.807, 2.05) is 0 Å². The molecule has 4 atom stereocenters. The SMILES string of the molecule is Cc1ccccc1N1C(C2CCCCC2)N2C(c3ccccc3C2(C2CCCCC2)C2CCCC2)[C@@H]1C. The van der Waals surface area contributed by atoms with E-state index in [9.17, 15) is 0 Å². The smallest absolute Gasteiger partial charge is 0.0866 e. The molecule has 0 amide bonds. The van der Waals surface area contributed by atoms with Crippen LogP contribution in [0.2, 0.25) is 0 Å². The van der Waals surface area contributed by atoms with E-state index >= 15 is 0 Å². The van der Waals surface area contributed by atoms with Gasteiger partial charge < -0.3 is 4.90 Å². The Balaban J connectivity index is 1.47. The summed E-state index contributed by atoms with van der Waals surface area (Å²) >= 11 is 0. The number of rotatable bonds is 4. The van der Waals surface area contributed by atoms with Crippen LogP contribution in [-0.4, -0.2) is 17.1 Å². The van der Waals surface area contributed by atoms with Crippen LogP contribution in [-0.2, 0) is 5.54 Å². The molecular weight excluding hydrogens is 448 g/mol. The van der Waals surface area contributed by atoms with Gasteiger partial charge in [0.2, 0.25) is 0 Å². The summed E-state index contributed by atoms with van der Waals surface area (Å²) in [6, 6.07) is 20.2. The number of nitrogens with zero attached hydrogens (tertiary/aromatic N) is 2. The molecule has 3 aliphatic carbocycles. The van der Waals surface area contributed by atoms with Crippen molar-refractivity contribution in [1.29, 1.82) is 0 Å². The van der Waals surface area contributed by atoms with Gasteiger partial charge in [-0.25, -0.2) is 0 Å². The van der Waals surface area contributed by atoms with Gasteiger partial charge in [-0.2, -0.15) is 0 Å². The molecule has 0 N–H and O–H groups in total. The Morgan fingerprint density at radius 1 is 0.676 bits per heavy atom. The Kier molecular flexibility index (Phi) is 6.39. The van der Waals surface area contributed by atoms with Gasteiger partial charge in [-0.05, 0) is 92.9 Å². The van der Waals surface area contributed by atoms with Gasteiger partial charge in [-0.1, -0.05) is 93.8 Å². The van der Waals surface area contributed by atoms with Crippen LogP contribution in [0.25, 0.3) is 0 Å². The van der Waals surface area contributed by atoms with E-state index in [-0.39, 0.29) is 5.54 Å². The molecule has 7 rings (SSSR count). The second kappa shape index (κ2) is 9.74. The third-order valence-electron chi connectivity index (χ3n) is 11.6. The van der Waals surface area contributed by atoms with Crippen molar-refractivity contribution < 1.29 is 0 Å². The predicted octanol–water partition coefficient (Wildman–Crippen LogP) is 9.13. The van der Waals surface area contributed by atoms with E-state index in [1.54, 1.807) is 11.1 Å². The standard InChI is InChI=1S/C35H48N2/c1-25-15-9-14-24-32(25)36-26(2)33-30-22-12-13-23-31(30)35(29-20-10-11-21-29,28-18-7-4-8-19-28)37(33)34(36)27-16-5-3-6-17-27/h9,12-15,22-24,26-29,33-34H,3-8,10-11,16-21H2,1-2H3/t26-,33?,34?,35?/m0/s1. The lowest BCUT2D eigenvalue weighted by Gasteiger charge is -2.55. The molecule has 0 radical (unpaired) electrons. The quantitative estimate of drug-likeness (QED) is 0.416. The van der Waals surface area contributed by atoms with Crippen molar-refractivity contribution >= 4 is 5.69 Å². The molecule has 198 valence electrons. The maximum absolute atomic E-state index is 3.26. The molecule has 4 fully saturated rings. The van der Waals surface area contributed by atoms with Crippen LogP contribution in [0.4, 0.5) is 5.69 Å². The van der Waals surface area contributed by atoms with Gasteiger partial charge >= 0.3 is 0 Å². The van der Waals surface area contributed by atoms with Crippen LogP contribution in [0.15, 0.2) is 48.5 Å². The minimum atomic E-state index is 0.228. The zero-order chi connectivity index (χ0) is 25.0. The van der Waals surface area contributed by atoms with Gasteiger partial charge in [0.1, 0.15) is 0 Å². The number of para-hydroxylation sites is 1. The Hall–Kier alpha value is -1.80. The first-order valence-corrected chi connectivity index (χ1v) is 15.9. The molecule has 2 aromatic carbocycles. The summed E-state index contributed by atoms with van der Waals surface area (Å²) in [6.07, 6.45) is 20.5. The molecule has 2 aliphatic heterocycles. The molecule has 5 aliphatic rings. The maximum Gasteiger partial charge on any atom is 0.0866 e. The van der Waals surface area contributed by atoms with Gasteiger partial charge in [-0.3, -0.25) is 4.90 Å². The molecule has 0 spiro atoms. The lowest BCUT2D eigenvalue weighted by atomic mass is 9.63. The molecule has 37 heavy (non-hydrogen) atoms. The van der Waals surface area contributed by atoms with Crippen LogP contribution in [0.5, 0.6) is 0 Å². The van der Waals surface area contributed by atoms with Gasteiger partial charge in [0, 0.05) is 11.7 Å². The topological polar surface area (TPSA) is 6.48 Å². The van der Waals surface area contributed by atoms with Crippen molar-refractivity contribution in [2.24, 2.45) is 17.8 Å². The number of hydrogen-bond acceptors (Lipinski definition) is 2. The number of aryl methyl sites for hydroxylation is 1. The molecule has 2 aromatic rings. The summed E-state index contributed by atoms with van der Waals surface area (Å²) in [5, 5.41) is 0. The highest BCUT2D eigenvalue weighted by Gasteiger charge is 2.66. The highest BCUT2D eigenvalue weighted by atomic mass is 15.5. The normalized spacial score (nSPS) is 33.7. The van der Waals surface area contributed by atoms with E-state index in [1.165, 1.54) is 101 Å². The number of hydrogen-bond donors (Lipinski definition) is 0. The van der Waals surface area contributed by atoms with E-state index < -0.39 is 0 Å². The van der Waals surface area contributed by atoms with Crippen molar-refractivity contribution in [3.63, 3.8) is 0 Å². The van der Waals surface area contributed by atoms with Gasteiger partial charge in [-0.15, -0.1) is 0 Å². The Morgan fingerprint density at radius 2 is 1.24 bits per heavy atom. The molecule has 2 nitrogen and oxygen atoms in total. The fourth-order valence-electron chi connectivity index (χ4n) is 10.2. The first kappa shape index (κ1) is 24.3. The number of benzene rings is 2. The summed E-state index contributed by atoms with van der Waals surface area (Å²) in [5.74, 6) is 2.40. The minimum Gasteiger partial charge on any atom is -0.351 e. The summed E-state index contributed by atoms with van der Waals surface area (Å²) in [7, 11) is 0. The molecule has 2 heteroatoms. The highest BCUT2D eigenvalue weighted by Crippen LogP contribution is 2.65. The largest absolute Gasteiger partial charge is 0.351 e. The highest BCUT2D eigenvalue weighted by molar-refractivity contribution is 5.59. The van der Waals surface area contributed by atoms with Crippen LogP contribution in [0, 0.1) is 24.7 Å². The number of anilines is 1. The Labute approximate surface area is 225 Å². The molecule has 0 aromatic heterocycles. The Morgan fingerprint density at radius 3 is 1.92 bits per heavy atom. The fraction of sp³-hybridized carbons (Fsp3) is 0.657. The second-order valence-corrected chi connectivity index (χ2v) is 13.3. The summed E-state index contributed by atoms with van der Waals surface area (Å²) in [4.78, 5) is 6.22. The first-order chi connectivity index (χ1) is 18.2. The van der Waals surface area contributed by atoms with E-state index in [2.05, 4.69) is 72.2 Å². The summed E-state index contributed by atoms with van der Waals surface area (Å²) in [6.45, 7) is 4.93. The molecule has 1 saturated heterocycles. The molecular formula is C35H48N2. The second-order valence-electron chi connectivity index (χ2n) is 13.3. The molecule has 0 bridgehead atoms. The molecule has 3 unspecified atom stereocenters. The average molecular weight is 497 g/mol. The monoisotopic (exact) mass is 496 g/mol.